The second-order valence-corrected chi connectivity index (χ2v) is 10.1. The van der Waals surface area contributed by atoms with Gasteiger partial charge in [-0.05, 0) is 55.9 Å². The lowest BCUT2D eigenvalue weighted by Crippen LogP contribution is -2.14. The number of hydrogen-bond donors (Lipinski definition) is 1. The van der Waals surface area contributed by atoms with Crippen molar-refractivity contribution in [1.82, 2.24) is 4.98 Å². The molecule has 0 amide bonds. The van der Waals surface area contributed by atoms with E-state index in [1.165, 1.54) is 11.3 Å². The molecule has 25 heavy (non-hydrogen) atoms. The summed E-state index contributed by atoms with van der Waals surface area (Å²) in [6.45, 7) is 7.90. The fourth-order valence-electron chi connectivity index (χ4n) is 2.77. The van der Waals surface area contributed by atoms with E-state index in [4.69, 9.17) is 0 Å². The molecular formula is C18H20N2O2S3. The molecule has 1 heterocycles. The molecule has 0 aliphatic rings. The van der Waals surface area contributed by atoms with Crippen LogP contribution in [0.1, 0.15) is 23.6 Å². The van der Waals surface area contributed by atoms with Crippen molar-refractivity contribution >= 4 is 49.0 Å². The highest BCUT2D eigenvalue weighted by Gasteiger charge is 2.18. The molecule has 0 unspecified atom stereocenters. The third kappa shape index (κ3) is 3.83. The number of nitrogens with zero attached hydrogens (tertiary/aromatic N) is 1. The topological polar surface area (TPSA) is 59.1 Å². The molecule has 1 N–H and O–H groups in total. The number of benzene rings is 2. The van der Waals surface area contributed by atoms with Gasteiger partial charge >= 0.3 is 0 Å². The summed E-state index contributed by atoms with van der Waals surface area (Å²) in [5.41, 5.74) is 4.44. The molecule has 0 radical (unpaired) electrons. The predicted molar refractivity (Wildman–Crippen MR) is 107 cm³/mol. The Morgan fingerprint density at radius 3 is 2.44 bits per heavy atom. The van der Waals surface area contributed by atoms with E-state index < -0.39 is 10.0 Å². The van der Waals surface area contributed by atoms with Gasteiger partial charge in [-0.15, -0.1) is 11.3 Å². The quantitative estimate of drug-likeness (QED) is 0.611. The first-order chi connectivity index (χ1) is 11.8. The standard InChI is InChI=1S/C18H20N2O2S3/c1-5-23-18-19-15-7-6-14(10-16(15)24-18)25(21,22)20-17-12(3)8-11(2)9-13(17)4/h6-10,20H,5H2,1-4H3. The predicted octanol–water partition coefficient (Wildman–Crippen LogP) is 5.13. The van der Waals surface area contributed by atoms with Gasteiger partial charge in [0.1, 0.15) is 0 Å². The van der Waals surface area contributed by atoms with Crippen LogP contribution in [0.4, 0.5) is 5.69 Å². The smallest absolute Gasteiger partial charge is 0.261 e. The van der Waals surface area contributed by atoms with Crippen LogP contribution in [-0.4, -0.2) is 19.2 Å². The zero-order chi connectivity index (χ0) is 18.2. The number of hydrogen-bond acceptors (Lipinski definition) is 5. The molecule has 1 aromatic heterocycles. The van der Waals surface area contributed by atoms with Gasteiger partial charge in [0.05, 0.1) is 20.8 Å². The molecule has 0 saturated heterocycles. The van der Waals surface area contributed by atoms with E-state index in [9.17, 15) is 8.42 Å². The number of thiazole rings is 1. The molecule has 7 heteroatoms. The van der Waals surface area contributed by atoms with Crippen LogP contribution >= 0.6 is 23.1 Å². The Bertz CT molecular complexity index is 1020. The third-order valence-corrected chi connectivity index (χ3v) is 7.22. The summed E-state index contributed by atoms with van der Waals surface area (Å²) in [7, 11) is -3.64. The summed E-state index contributed by atoms with van der Waals surface area (Å²) in [5, 5.41) is 0. The number of anilines is 1. The summed E-state index contributed by atoms with van der Waals surface area (Å²) in [6.07, 6.45) is 0. The Labute approximate surface area is 156 Å². The highest BCUT2D eigenvalue weighted by molar-refractivity contribution is 8.01. The van der Waals surface area contributed by atoms with Crippen LogP contribution in [-0.2, 0) is 10.0 Å². The molecule has 2 aromatic carbocycles. The van der Waals surface area contributed by atoms with Crippen LogP contribution in [0.5, 0.6) is 0 Å². The van der Waals surface area contributed by atoms with E-state index >= 15 is 0 Å². The highest BCUT2D eigenvalue weighted by Crippen LogP contribution is 2.32. The SMILES string of the molecule is CCSc1nc2ccc(S(=O)(=O)Nc3c(C)cc(C)cc3C)cc2s1. The zero-order valence-corrected chi connectivity index (χ0v) is 17.0. The molecule has 0 atom stereocenters. The van der Waals surface area contributed by atoms with Crippen LogP contribution in [0.3, 0.4) is 0 Å². The van der Waals surface area contributed by atoms with Gasteiger partial charge in [0.2, 0.25) is 0 Å². The van der Waals surface area contributed by atoms with Gasteiger partial charge in [0.15, 0.2) is 4.34 Å². The maximum absolute atomic E-state index is 12.8. The summed E-state index contributed by atoms with van der Waals surface area (Å²) in [5.74, 6) is 0.943. The van der Waals surface area contributed by atoms with E-state index in [0.29, 0.717) is 5.69 Å². The Morgan fingerprint density at radius 1 is 1.12 bits per heavy atom. The van der Waals surface area contributed by atoms with Crippen LogP contribution in [0, 0.1) is 20.8 Å². The minimum atomic E-state index is -3.64. The van der Waals surface area contributed by atoms with E-state index in [1.807, 2.05) is 32.9 Å². The summed E-state index contributed by atoms with van der Waals surface area (Å²) in [4.78, 5) is 4.77. The number of thioether (sulfide) groups is 1. The van der Waals surface area contributed by atoms with Crippen molar-refractivity contribution < 1.29 is 8.42 Å². The number of fused-ring (bicyclic) bond motifs is 1. The van der Waals surface area contributed by atoms with Crippen LogP contribution < -0.4 is 4.72 Å². The monoisotopic (exact) mass is 392 g/mol. The number of nitrogens with one attached hydrogen (secondary N) is 1. The van der Waals surface area contributed by atoms with Crippen molar-refractivity contribution in [3.63, 3.8) is 0 Å². The van der Waals surface area contributed by atoms with Crippen molar-refractivity contribution in [2.45, 2.75) is 36.9 Å². The molecular weight excluding hydrogens is 372 g/mol. The first-order valence-electron chi connectivity index (χ1n) is 7.94. The molecule has 3 aromatic rings. The van der Waals surface area contributed by atoms with Gasteiger partial charge in [0.25, 0.3) is 10.0 Å². The Balaban J connectivity index is 1.98. The van der Waals surface area contributed by atoms with Crippen LogP contribution in [0.15, 0.2) is 39.6 Å². The maximum Gasteiger partial charge on any atom is 0.261 e. The van der Waals surface area contributed by atoms with Crippen molar-refractivity contribution in [3.8, 4) is 0 Å². The van der Waals surface area contributed by atoms with E-state index in [1.54, 1.807) is 30.0 Å². The summed E-state index contributed by atoms with van der Waals surface area (Å²) < 4.78 is 30.3. The molecule has 0 saturated carbocycles. The number of aromatic nitrogens is 1. The van der Waals surface area contributed by atoms with Gasteiger partial charge in [-0.1, -0.05) is 36.4 Å². The Hall–Kier alpha value is -1.57. The lowest BCUT2D eigenvalue weighted by molar-refractivity contribution is 0.601. The van der Waals surface area contributed by atoms with Crippen LogP contribution in [0.25, 0.3) is 10.2 Å². The molecule has 0 spiro atoms. The molecule has 132 valence electrons. The fourth-order valence-corrected chi connectivity index (χ4v) is 6.08. The molecule has 3 rings (SSSR count). The molecule has 0 bridgehead atoms. The largest absolute Gasteiger partial charge is 0.279 e. The maximum atomic E-state index is 12.8. The van der Waals surface area contributed by atoms with Gasteiger partial charge in [-0.3, -0.25) is 4.72 Å². The average molecular weight is 393 g/mol. The number of aryl methyl sites for hydroxylation is 3. The lowest BCUT2D eigenvalue weighted by Gasteiger charge is -2.14. The fraction of sp³-hybridized carbons (Fsp3) is 0.278. The normalized spacial score (nSPS) is 11.8. The second-order valence-electron chi connectivity index (χ2n) is 5.92. The van der Waals surface area contributed by atoms with Crippen molar-refractivity contribution in [2.75, 3.05) is 10.5 Å². The minimum Gasteiger partial charge on any atom is -0.279 e. The number of rotatable bonds is 5. The van der Waals surface area contributed by atoms with Gasteiger partial charge < -0.3 is 0 Å². The zero-order valence-electron chi connectivity index (χ0n) is 14.6. The van der Waals surface area contributed by atoms with Crippen LogP contribution in [0.2, 0.25) is 0 Å². The average Bonchev–Trinajstić information content (AvgIpc) is 2.92. The Kier molecular flexibility index (Phi) is 5.09. The molecule has 0 fully saturated rings. The number of sulfonamides is 1. The second kappa shape index (κ2) is 6.97. The minimum absolute atomic E-state index is 0.260. The lowest BCUT2D eigenvalue weighted by atomic mass is 10.1. The van der Waals surface area contributed by atoms with E-state index in [-0.39, 0.29) is 4.90 Å². The highest BCUT2D eigenvalue weighted by atomic mass is 32.2. The molecule has 0 aliphatic heterocycles. The molecule has 4 nitrogen and oxygen atoms in total. The van der Waals surface area contributed by atoms with Crippen molar-refractivity contribution in [2.24, 2.45) is 0 Å². The van der Waals surface area contributed by atoms with Crippen molar-refractivity contribution in [3.05, 3.63) is 47.0 Å². The first kappa shape index (κ1) is 18.2. The first-order valence-corrected chi connectivity index (χ1v) is 11.2. The Morgan fingerprint density at radius 2 is 1.80 bits per heavy atom. The van der Waals surface area contributed by atoms with E-state index in [0.717, 1.165) is 37.0 Å². The summed E-state index contributed by atoms with van der Waals surface area (Å²) >= 11 is 3.19. The van der Waals surface area contributed by atoms with Gasteiger partial charge in [-0.2, -0.15) is 0 Å². The third-order valence-electron chi connectivity index (χ3n) is 3.83. The van der Waals surface area contributed by atoms with E-state index in [2.05, 4.69) is 16.6 Å². The van der Waals surface area contributed by atoms with Gasteiger partial charge in [-0.25, -0.2) is 13.4 Å². The van der Waals surface area contributed by atoms with Gasteiger partial charge in [0, 0.05) is 0 Å². The summed E-state index contributed by atoms with van der Waals surface area (Å²) in [6, 6.07) is 9.05. The molecule has 0 aliphatic carbocycles. The van der Waals surface area contributed by atoms with Crippen molar-refractivity contribution in [1.29, 1.82) is 0 Å².